The van der Waals surface area contributed by atoms with Crippen molar-refractivity contribution in [3.05, 3.63) is 70.9 Å². The molecule has 51 heavy (non-hydrogen) atoms. The molecule has 11 heterocycles. The molecule has 10 fully saturated rings. The second kappa shape index (κ2) is 8.39. The number of nitrogens with one attached hydrogen (secondary N) is 1. The van der Waals surface area contributed by atoms with Gasteiger partial charge in [-0.25, -0.2) is 4.79 Å². The van der Waals surface area contributed by atoms with Crippen LogP contribution in [0.25, 0.3) is 0 Å². The summed E-state index contributed by atoms with van der Waals surface area (Å²) in [6, 6.07) is 18.9. The van der Waals surface area contributed by atoms with Gasteiger partial charge in [0.25, 0.3) is 0 Å². The van der Waals surface area contributed by atoms with Crippen LogP contribution in [0.15, 0.2) is 59.8 Å². The van der Waals surface area contributed by atoms with Crippen molar-refractivity contribution in [2.45, 2.75) is 105 Å². The van der Waals surface area contributed by atoms with Crippen LogP contribution in [0.5, 0.6) is 0 Å². The molecule has 2 aliphatic carbocycles. The van der Waals surface area contributed by atoms with E-state index in [9.17, 15) is 4.79 Å². The molecule has 1 N–H and O–H groups in total. The highest BCUT2D eigenvalue weighted by molar-refractivity contribution is 5.93. The highest BCUT2D eigenvalue weighted by atomic mass is 16.6. The quantitative estimate of drug-likeness (QED) is 0.363. The van der Waals surface area contributed by atoms with Crippen molar-refractivity contribution >= 4 is 17.3 Å². The Bertz CT molecular complexity index is 2060. The van der Waals surface area contributed by atoms with Crippen LogP contribution in [0.2, 0.25) is 0 Å². The molecule has 13 atom stereocenters. The van der Waals surface area contributed by atoms with E-state index in [1.54, 1.807) is 7.11 Å². The van der Waals surface area contributed by atoms with Crippen molar-refractivity contribution in [1.82, 2.24) is 9.80 Å². The number of benzene rings is 2. The van der Waals surface area contributed by atoms with E-state index in [1.165, 1.54) is 16.8 Å². The molecule has 0 radical (unpaired) electrons. The molecular formula is C42H46N4O5. The van der Waals surface area contributed by atoms with Crippen molar-refractivity contribution in [1.29, 1.82) is 0 Å². The zero-order valence-corrected chi connectivity index (χ0v) is 29.5. The van der Waals surface area contributed by atoms with E-state index in [2.05, 4.69) is 75.5 Å². The van der Waals surface area contributed by atoms with Gasteiger partial charge in [0, 0.05) is 72.1 Å². The Morgan fingerprint density at radius 1 is 1.00 bits per heavy atom. The number of esters is 1. The number of carbonyl (C=O) groups excluding carboxylic acids is 1. The summed E-state index contributed by atoms with van der Waals surface area (Å²) < 4.78 is 27.9. The Balaban J connectivity index is 1.02. The van der Waals surface area contributed by atoms with Crippen LogP contribution >= 0.6 is 0 Å². The van der Waals surface area contributed by atoms with Crippen molar-refractivity contribution in [3.8, 4) is 0 Å². The fourth-order valence-electron chi connectivity index (χ4n) is 17.0. The second-order valence-electron chi connectivity index (χ2n) is 18.7. The summed E-state index contributed by atoms with van der Waals surface area (Å²) in [5.74, 6) is 0.177. The molecule has 15 rings (SSSR count). The minimum atomic E-state index is -0.395. The minimum absolute atomic E-state index is 0.0196. The average molecular weight is 687 g/mol. The lowest BCUT2D eigenvalue weighted by Crippen LogP contribution is -2.88. The fraction of sp³-hybridized carbons (Fsp3) is 0.643. The van der Waals surface area contributed by atoms with E-state index in [1.807, 2.05) is 0 Å². The summed E-state index contributed by atoms with van der Waals surface area (Å²) in [5, 5.41) is 3.83. The topological polar surface area (TPSA) is 79.0 Å². The van der Waals surface area contributed by atoms with E-state index in [4.69, 9.17) is 18.9 Å². The first-order chi connectivity index (χ1) is 24.9. The van der Waals surface area contributed by atoms with Gasteiger partial charge in [0.2, 0.25) is 0 Å². The van der Waals surface area contributed by atoms with Crippen LogP contribution in [0, 0.1) is 22.2 Å². The summed E-state index contributed by atoms with van der Waals surface area (Å²) in [5.41, 5.74) is 6.15. The van der Waals surface area contributed by atoms with Crippen LogP contribution in [-0.4, -0.2) is 98.0 Å². The van der Waals surface area contributed by atoms with Gasteiger partial charge < -0.3 is 29.2 Å². The lowest BCUT2D eigenvalue weighted by molar-refractivity contribution is -0.377. The molecule has 2 bridgehead atoms. The second-order valence-corrected chi connectivity index (χ2v) is 18.7. The third-order valence-corrected chi connectivity index (χ3v) is 17.8. The molecule has 264 valence electrons. The van der Waals surface area contributed by atoms with Gasteiger partial charge in [-0.1, -0.05) is 43.3 Å². The van der Waals surface area contributed by atoms with Gasteiger partial charge in [-0.3, -0.25) is 9.80 Å². The van der Waals surface area contributed by atoms with E-state index >= 15 is 0 Å². The Kier molecular flexibility index (Phi) is 4.70. The maximum atomic E-state index is 13.9. The lowest BCUT2D eigenvalue weighted by Gasteiger charge is -2.77. The number of piperidine rings is 3. The third-order valence-electron chi connectivity index (χ3n) is 17.8. The molecule has 13 aliphatic rings. The van der Waals surface area contributed by atoms with Gasteiger partial charge in [0.05, 0.1) is 47.2 Å². The van der Waals surface area contributed by atoms with Gasteiger partial charge in [-0.2, -0.15) is 0 Å². The smallest absolute Gasteiger partial charge is 0.335 e. The monoisotopic (exact) mass is 686 g/mol. The third kappa shape index (κ3) is 2.56. The number of anilines is 2. The fourth-order valence-corrected chi connectivity index (χ4v) is 17.0. The molecule has 5 spiro atoms. The first kappa shape index (κ1) is 28.5. The van der Waals surface area contributed by atoms with E-state index in [-0.39, 0.29) is 51.4 Å². The molecule has 2 aromatic rings. The summed E-state index contributed by atoms with van der Waals surface area (Å²) in [7, 11) is 1.55. The van der Waals surface area contributed by atoms with Crippen molar-refractivity contribution < 1.29 is 23.7 Å². The van der Waals surface area contributed by atoms with Crippen LogP contribution in [0.1, 0.15) is 63.0 Å². The minimum Gasteiger partial charge on any atom is -0.466 e. The molecule has 0 aromatic heterocycles. The molecule has 9 heteroatoms. The van der Waals surface area contributed by atoms with E-state index in [0.29, 0.717) is 30.6 Å². The normalized spacial score (nSPS) is 52.1. The van der Waals surface area contributed by atoms with Gasteiger partial charge in [-0.05, 0) is 74.8 Å². The Morgan fingerprint density at radius 2 is 1.86 bits per heavy atom. The van der Waals surface area contributed by atoms with Crippen LogP contribution in [0.3, 0.4) is 0 Å². The largest absolute Gasteiger partial charge is 0.466 e. The van der Waals surface area contributed by atoms with Crippen molar-refractivity contribution in [2.75, 3.05) is 50.1 Å². The Hall–Kier alpha value is -2.95. The number of nitrogens with zero attached hydrogens (tertiary/aromatic N) is 3. The predicted octanol–water partition coefficient (Wildman–Crippen LogP) is 4.52. The summed E-state index contributed by atoms with van der Waals surface area (Å²) in [6.07, 6.45) is 7.82. The summed E-state index contributed by atoms with van der Waals surface area (Å²) in [6.45, 7) is 7.25. The summed E-state index contributed by atoms with van der Waals surface area (Å²) in [4.78, 5) is 22.5. The first-order valence-electron chi connectivity index (χ1n) is 19.9. The molecule has 9 nitrogen and oxygen atoms in total. The number of carbonyl (C=O) groups is 1. The molecule has 0 amide bonds. The lowest BCUT2D eigenvalue weighted by atomic mass is 9.41. The molecular weight excluding hydrogens is 640 g/mol. The number of fused-ring (bicyclic) bond motifs is 4. The molecule has 11 aliphatic heterocycles. The van der Waals surface area contributed by atoms with E-state index < -0.39 is 5.72 Å². The average Bonchev–Trinajstić information content (AvgIpc) is 3.54. The molecule has 13 unspecified atom stereocenters. The Labute approximate surface area is 298 Å². The van der Waals surface area contributed by atoms with Crippen LogP contribution in [-0.2, 0) is 34.6 Å². The SMILES string of the molecule is CCC12CC3CC45CN6c7ccccc7C7(CCN(CC8OC81)C27)C36OC4N1CCC23C(=C(C(=O)OC)CC4(CCOC54)C12)Nc1ccccc13. The highest BCUT2D eigenvalue weighted by Crippen LogP contribution is 2.81. The van der Waals surface area contributed by atoms with Gasteiger partial charge in [0.15, 0.2) is 5.72 Å². The number of hydrogen-bond acceptors (Lipinski definition) is 9. The Morgan fingerprint density at radius 3 is 2.75 bits per heavy atom. The van der Waals surface area contributed by atoms with Gasteiger partial charge >= 0.3 is 5.97 Å². The standard InChI is InChI=1S/C42H46N4O5/c1-3-37-18-23-19-39-22-46-28-11-7-5-9-26(28)41(13-15-44(34(37)41)21-29-31(37)50-29)42(23,46)51-36(39)45-16-12-40-25-8-4-6-10-27(25)43-30(40)24(32(47)48-2)20-38(33(40)45)14-17-49-35(38)39/h4-11,23,29,31,33-36,43H,3,12-22H2,1-2H3. The van der Waals surface area contributed by atoms with Crippen LogP contribution in [0.4, 0.5) is 11.4 Å². The summed E-state index contributed by atoms with van der Waals surface area (Å²) >= 11 is 0. The zero-order chi connectivity index (χ0) is 33.5. The number of methoxy groups -OCH3 is 1. The number of epoxide rings is 1. The highest BCUT2D eigenvalue weighted by Gasteiger charge is 2.89. The molecule has 1 saturated carbocycles. The molecule has 2 aromatic carbocycles. The van der Waals surface area contributed by atoms with E-state index in [0.717, 1.165) is 88.3 Å². The number of hydrogen-bond donors (Lipinski definition) is 1. The van der Waals surface area contributed by atoms with Crippen molar-refractivity contribution in [2.24, 2.45) is 22.2 Å². The number of para-hydroxylation sites is 2. The van der Waals surface area contributed by atoms with Gasteiger partial charge in [-0.15, -0.1) is 0 Å². The van der Waals surface area contributed by atoms with Crippen LogP contribution < -0.4 is 10.2 Å². The maximum absolute atomic E-state index is 13.9. The first-order valence-corrected chi connectivity index (χ1v) is 19.9. The predicted molar refractivity (Wildman–Crippen MR) is 187 cm³/mol. The maximum Gasteiger partial charge on any atom is 0.335 e. The zero-order valence-electron chi connectivity index (χ0n) is 29.5. The van der Waals surface area contributed by atoms with Crippen molar-refractivity contribution in [3.63, 3.8) is 0 Å². The van der Waals surface area contributed by atoms with Gasteiger partial charge in [0.1, 0.15) is 6.23 Å². The number of rotatable bonds is 2. The number of ether oxygens (including phenoxy) is 4. The molecule has 9 saturated heterocycles.